The maximum Gasteiger partial charge on any atom is 0.352 e. The normalized spacial score (nSPS) is 10.6. The third-order valence-corrected chi connectivity index (χ3v) is 2.36. The fraction of sp³-hybridized carbons (Fsp3) is 0.0909. The highest BCUT2D eigenvalue weighted by Crippen LogP contribution is 2.27. The van der Waals surface area contributed by atoms with Crippen LogP contribution in [-0.4, -0.2) is 26.9 Å². The van der Waals surface area contributed by atoms with E-state index in [1.807, 2.05) is 0 Å². The van der Waals surface area contributed by atoms with Gasteiger partial charge in [-0.1, -0.05) is 0 Å². The van der Waals surface area contributed by atoms with E-state index in [4.69, 9.17) is 5.11 Å². The van der Waals surface area contributed by atoms with Crippen LogP contribution < -0.4 is 0 Å². The number of phenols is 1. The maximum absolute atomic E-state index is 11.3. The first-order chi connectivity index (χ1) is 7.50. The summed E-state index contributed by atoms with van der Waals surface area (Å²) < 4.78 is 0. The number of aromatic carboxylic acids is 1. The van der Waals surface area contributed by atoms with E-state index in [1.54, 1.807) is 6.07 Å². The number of rotatable bonds is 2. The van der Waals surface area contributed by atoms with E-state index in [0.29, 0.717) is 10.9 Å². The molecule has 2 rings (SSSR count). The van der Waals surface area contributed by atoms with Gasteiger partial charge in [-0.2, -0.15) is 0 Å². The van der Waals surface area contributed by atoms with E-state index < -0.39 is 5.97 Å². The molecule has 2 aromatic rings. The Morgan fingerprint density at radius 3 is 2.56 bits per heavy atom. The molecule has 0 fully saturated rings. The lowest BCUT2D eigenvalue weighted by Gasteiger charge is -2.01. The van der Waals surface area contributed by atoms with Crippen molar-refractivity contribution in [1.29, 1.82) is 0 Å². The second-order valence-corrected chi connectivity index (χ2v) is 3.47. The lowest BCUT2D eigenvalue weighted by Crippen LogP contribution is -1.97. The lowest BCUT2D eigenvalue weighted by atomic mass is 10.1. The molecule has 1 aromatic heterocycles. The number of Topliss-reactive ketones (excluding diaryl/α,β-unsaturated/α-hetero) is 1. The summed E-state index contributed by atoms with van der Waals surface area (Å²) >= 11 is 0. The topological polar surface area (TPSA) is 90.4 Å². The number of fused-ring (bicyclic) bond motifs is 1. The molecule has 5 heteroatoms. The number of phenolic OH excluding ortho intramolecular Hbond substituents is 1. The number of nitrogens with one attached hydrogen (secondary N) is 1. The number of aromatic amines is 1. The number of benzene rings is 1. The summed E-state index contributed by atoms with van der Waals surface area (Å²) in [6.45, 7) is 1.32. The Morgan fingerprint density at radius 1 is 1.31 bits per heavy atom. The molecule has 0 amide bonds. The summed E-state index contributed by atoms with van der Waals surface area (Å²) in [7, 11) is 0. The number of aromatic nitrogens is 1. The largest absolute Gasteiger partial charge is 0.507 e. The molecule has 0 saturated carbocycles. The molecule has 0 aliphatic carbocycles. The predicted molar refractivity (Wildman–Crippen MR) is 56.9 cm³/mol. The minimum absolute atomic E-state index is 0.0110. The average Bonchev–Trinajstić information content (AvgIpc) is 2.60. The molecule has 16 heavy (non-hydrogen) atoms. The van der Waals surface area contributed by atoms with Crippen LogP contribution in [0.4, 0.5) is 0 Å². The number of hydrogen-bond acceptors (Lipinski definition) is 3. The van der Waals surface area contributed by atoms with Gasteiger partial charge >= 0.3 is 5.97 Å². The van der Waals surface area contributed by atoms with Crippen LogP contribution >= 0.6 is 0 Å². The summed E-state index contributed by atoms with van der Waals surface area (Å²) in [5.74, 6) is -1.58. The van der Waals surface area contributed by atoms with Crippen molar-refractivity contribution in [2.75, 3.05) is 0 Å². The number of H-pyrrole nitrogens is 1. The van der Waals surface area contributed by atoms with E-state index in [0.717, 1.165) is 0 Å². The second kappa shape index (κ2) is 3.37. The van der Waals surface area contributed by atoms with Crippen molar-refractivity contribution < 1.29 is 19.8 Å². The summed E-state index contributed by atoms with van der Waals surface area (Å²) in [4.78, 5) is 24.7. The van der Waals surface area contributed by atoms with Crippen molar-refractivity contribution in [1.82, 2.24) is 4.98 Å². The molecule has 0 saturated heterocycles. The van der Waals surface area contributed by atoms with Crippen LogP contribution in [0.1, 0.15) is 27.8 Å². The van der Waals surface area contributed by atoms with Crippen molar-refractivity contribution in [2.45, 2.75) is 6.92 Å². The van der Waals surface area contributed by atoms with E-state index in [-0.39, 0.29) is 22.8 Å². The fourth-order valence-electron chi connectivity index (χ4n) is 1.66. The molecule has 0 aliphatic heterocycles. The summed E-state index contributed by atoms with van der Waals surface area (Å²) in [5, 5.41) is 18.9. The summed E-state index contributed by atoms with van der Waals surface area (Å²) in [6.07, 6.45) is 0. The van der Waals surface area contributed by atoms with Crippen LogP contribution in [0.15, 0.2) is 18.2 Å². The Labute approximate surface area is 90.3 Å². The average molecular weight is 219 g/mol. The zero-order valence-electron chi connectivity index (χ0n) is 8.44. The van der Waals surface area contributed by atoms with Gasteiger partial charge in [-0.05, 0) is 25.1 Å². The molecule has 5 nitrogen and oxygen atoms in total. The zero-order valence-corrected chi connectivity index (χ0v) is 8.44. The Hall–Kier alpha value is -2.30. The molecule has 0 aliphatic rings. The number of carbonyl (C=O) groups is 2. The van der Waals surface area contributed by atoms with Crippen LogP contribution in [0.25, 0.3) is 10.9 Å². The number of aromatic hydroxyl groups is 1. The van der Waals surface area contributed by atoms with Gasteiger partial charge in [0.05, 0.1) is 11.1 Å². The minimum Gasteiger partial charge on any atom is -0.507 e. The Morgan fingerprint density at radius 2 is 2.00 bits per heavy atom. The first-order valence-electron chi connectivity index (χ1n) is 4.59. The number of carbonyl (C=O) groups excluding carboxylic acids is 1. The number of carboxylic acid groups (broad SMARTS) is 1. The third kappa shape index (κ3) is 1.42. The number of hydrogen-bond donors (Lipinski definition) is 3. The molecule has 1 aromatic carbocycles. The summed E-state index contributed by atoms with van der Waals surface area (Å²) in [5.41, 5.74) is 0.456. The molecule has 0 spiro atoms. The lowest BCUT2D eigenvalue weighted by molar-refractivity contribution is 0.0691. The van der Waals surface area contributed by atoms with Gasteiger partial charge in [-0.15, -0.1) is 0 Å². The van der Waals surface area contributed by atoms with Crippen molar-refractivity contribution in [3.05, 3.63) is 29.5 Å². The molecule has 1 heterocycles. The van der Waals surface area contributed by atoms with E-state index in [2.05, 4.69) is 4.98 Å². The van der Waals surface area contributed by atoms with Crippen molar-refractivity contribution in [3.8, 4) is 5.75 Å². The maximum atomic E-state index is 11.3. The fourth-order valence-corrected chi connectivity index (χ4v) is 1.66. The van der Waals surface area contributed by atoms with Gasteiger partial charge in [0.15, 0.2) is 5.78 Å². The minimum atomic E-state index is -1.11. The van der Waals surface area contributed by atoms with E-state index in [9.17, 15) is 14.7 Å². The van der Waals surface area contributed by atoms with Crippen LogP contribution in [0.3, 0.4) is 0 Å². The third-order valence-electron chi connectivity index (χ3n) is 2.36. The van der Waals surface area contributed by atoms with Gasteiger partial charge in [-0.3, -0.25) is 4.79 Å². The van der Waals surface area contributed by atoms with Gasteiger partial charge in [0.1, 0.15) is 11.4 Å². The molecule has 82 valence electrons. The first kappa shape index (κ1) is 10.2. The van der Waals surface area contributed by atoms with Crippen molar-refractivity contribution >= 4 is 22.7 Å². The van der Waals surface area contributed by atoms with Crippen molar-refractivity contribution in [3.63, 3.8) is 0 Å². The van der Waals surface area contributed by atoms with Gasteiger partial charge in [0.25, 0.3) is 0 Å². The second-order valence-electron chi connectivity index (χ2n) is 3.47. The highest BCUT2D eigenvalue weighted by Gasteiger charge is 2.15. The van der Waals surface area contributed by atoms with Crippen LogP contribution in [0, 0.1) is 0 Å². The van der Waals surface area contributed by atoms with Gasteiger partial charge in [0, 0.05) is 5.39 Å². The standard InChI is InChI=1S/C11H9NO4/c1-5(13)9-8(14)3-2-6-4-7(11(15)16)12-10(6)9/h2-4,12,14H,1H3,(H,15,16). The smallest absolute Gasteiger partial charge is 0.352 e. The number of ketones is 1. The Bertz CT molecular complexity index is 597. The van der Waals surface area contributed by atoms with Crippen LogP contribution in [0.5, 0.6) is 5.75 Å². The molecule has 0 atom stereocenters. The predicted octanol–water partition coefficient (Wildman–Crippen LogP) is 1.77. The van der Waals surface area contributed by atoms with Gasteiger partial charge < -0.3 is 15.2 Å². The van der Waals surface area contributed by atoms with Crippen LogP contribution in [0.2, 0.25) is 0 Å². The van der Waals surface area contributed by atoms with Crippen molar-refractivity contribution in [2.24, 2.45) is 0 Å². The SMILES string of the molecule is CC(=O)c1c(O)ccc2cc(C(=O)O)[nH]c12. The monoisotopic (exact) mass is 219 g/mol. The molecule has 3 N–H and O–H groups in total. The quantitative estimate of drug-likeness (QED) is 0.671. The van der Waals surface area contributed by atoms with Crippen LogP contribution in [-0.2, 0) is 0 Å². The summed E-state index contributed by atoms with van der Waals surface area (Å²) in [6, 6.07) is 4.35. The molecule has 0 radical (unpaired) electrons. The first-order valence-corrected chi connectivity index (χ1v) is 4.59. The molecular weight excluding hydrogens is 210 g/mol. The van der Waals surface area contributed by atoms with Gasteiger partial charge in [0.2, 0.25) is 0 Å². The van der Waals surface area contributed by atoms with E-state index in [1.165, 1.54) is 19.1 Å². The molecule has 0 unspecified atom stereocenters. The highest BCUT2D eigenvalue weighted by molar-refractivity contribution is 6.09. The van der Waals surface area contributed by atoms with E-state index >= 15 is 0 Å². The van der Waals surface area contributed by atoms with Gasteiger partial charge in [-0.25, -0.2) is 4.79 Å². The Kier molecular flexibility index (Phi) is 2.16. The zero-order chi connectivity index (χ0) is 11.9. The highest BCUT2D eigenvalue weighted by atomic mass is 16.4. The number of carboxylic acids is 1. The molecule has 0 bridgehead atoms. The Balaban J connectivity index is 2.82. The molecular formula is C11H9NO4.